The molecule has 0 aliphatic rings. The number of fused-ring (bicyclic) bond motifs is 1. The predicted octanol–water partition coefficient (Wildman–Crippen LogP) is 6.14. The van der Waals surface area contributed by atoms with Crippen molar-refractivity contribution in [3.63, 3.8) is 0 Å². The number of hydrogen-bond acceptors (Lipinski definition) is 3. The van der Waals surface area contributed by atoms with Gasteiger partial charge in [0.1, 0.15) is 5.00 Å². The minimum atomic E-state index is -0.343. The standard InChI is InChI=1S/C23H16ClNO2S/c1-14-10-12-15(13-11-14)20-21(26)17-7-3-5-9-19(17)28-23(20)25-22(27)16-6-2-4-8-18(16)24/h2-13H,1H3,(H,25,27). The second kappa shape index (κ2) is 7.58. The first-order chi connectivity index (χ1) is 13.5. The van der Waals surface area contributed by atoms with Crippen molar-refractivity contribution in [3.8, 4) is 11.1 Å². The van der Waals surface area contributed by atoms with Crippen LogP contribution in [0.5, 0.6) is 0 Å². The lowest BCUT2D eigenvalue weighted by atomic mass is 10.0. The SMILES string of the molecule is Cc1ccc(-c2c(NC(=O)c3ccccc3Cl)sc3ccccc3c2=O)cc1. The second-order valence-electron chi connectivity index (χ2n) is 6.43. The number of anilines is 1. The van der Waals surface area contributed by atoms with E-state index in [1.54, 1.807) is 24.3 Å². The molecule has 1 N–H and O–H groups in total. The molecule has 4 aromatic rings. The maximum Gasteiger partial charge on any atom is 0.257 e. The number of nitrogens with one attached hydrogen (secondary N) is 1. The quantitative estimate of drug-likeness (QED) is 0.444. The van der Waals surface area contributed by atoms with E-state index in [4.69, 9.17) is 11.6 Å². The molecule has 1 aromatic heterocycles. The largest absolute Gasteiger partial charge is 0.313 e. The molecular formula is C23H16ClNO2S. The van der Waals surface area contributed by atoms with Crippen LogP contribution >= 0.6 is 22.9 Å². The Labute approximate surface area is 171 Å². The Balaban J connectivity index is 1.90. The zero-order valence-corrected chi connectivity index (χ0v) is 16.6. The van der Waals surface area contributed by atoms with E-state index in [0.29, 0.717) is 26.5 Å². The first-order valence-corrected chi connectivity index (χ1v) is 9.93. The van der Waals surface area contributed by atoms with E-state index in [-0.39, 0.29) is 11.3 Å². The van der Waals surface area contributed by atoms with Crippen molar-refractivity contribution in [1.29, 1.82) is 0 Å². The van der Waals surface area contributed by atoms with Crippen LogP contribution in [-0.2, 0) is 0 Å². The summed E-state index contributed by atoms with van der Waals surface area (Å²) in [4.78, 5) is 26.1. The van der Waals surface area contributed by atoms with Crippen LogP contribution in [0, 0.1) is 6.92 Å². The van der Waals surface area contributed by atoms with Gasteiger partial charge >= 0.3 is 0 Å². The Kier molecular flexibility index (Phi) is 4.99. The third-order valence-corrected chi connectivity index (χ3v) is 5.90. The lowest BCUT2D eigenvalue weighted by Crippen LogP contribution is -2.16. The number of aryl methyl sites for hydroxylation is 1. The lowest BCUT2D eigenvalue weighted by molar-refractivity contribution is 0.102. The molecule has 0 spiro atoms. The van der Waals surface area contributed by atoms with Crippen LogP contribution in [0.4, 0.5) is 5.00 Å². The summed E-state index contributed by atoms with van der Waals surface area (Å²) in [6.07, 6.45) is 0. The minimum Gasteiger partial charge on any atom is -0.313 e. The molecular weight excluding hydrogens is 390 g/mol. The van der Waals surface area contributed by atoms with Gasteiger partial charge < -0.3 is 5.32 Å². The van der Waals surface area contributed by atoms with E-state index in [1.165, 1.54) is 11.3 Å². The van der Waals surface area contributed by atoms with Crippen LogP contribution in [0.2, 0.25) is 5.02 Å². The van der Waals surface area contributed by atoms with Crippen molar-refractivity contribution in [2.45, 2.75) is 6.92 Å². The average molecular weight is 406 g/mol. The molecule has 0 aliphatic carbocycles. The topological polar surface area (TPSA) is 46.2 Å². The van der Waals surface area contributed by atoms with Crippen LogP contribution < -0.4 is 10.7 Å². The van der Waals surface area contributed by atoms with E-state index in [0.717, 1.165) is 15.8 Å². The molecule has 0 bridgehead atoms. The van der Waals surface area contributed by atoms with E-state index in [9.17, 15) is 9.59 Å². The third kappa shape index (κ3) is 3.44. The van der Waals surface area contributed by atoms with Crippen LogP contribution in [0.3, 0.4) is 0 Å². The van der Waals surface area contributed by atoms with Gasteiger partial charge in [-0.25, -0.2) is 0 Å². The summed E-state index contributed by atoms with van der Waals surface area (Å²) < 4.78 is 0.817. The van der Waals surface area contributed by atoms with Crippen LogP contribution in [-0.4, -0.2) is 5.91 Å². The van der Waals surface area contributed by atoms with Crippen molar-refractivity contribution in [2.24, 2.45) is 0 Å². The molecule has 0 fully saturated rings. The summed E-state index contributed by atoms with van der Waals surface area (Å²) >= 11 is 7.55. The summed E-state index contributed by atoms with van der Waals surface area (Å²) in [5, 5.41) is 4.42. The molecule has 0 saturated heterocycles. The molecule has 138 valence electrons. The van der Waals surface area contributed by atoms with E-state index in [1.807, 2.05) is 55.5 Å². The highest BCUT2D eigenvalue weighted by Gasteiger charge is 2.18. The fourth-order valence-corrected chi connectivity index (χ4v) is 4.34. The monoisotopic (exact) mass is 405 g/mol. The fraction of sp³-hybridized carbons (Fsp3) is 0.0435. The molecule has 0 saturated carbocycles. The third-order valence-electron chi connectivity index (χ3n) is 4.48. The van der Waals surface area contributed by atoms with Gasteiger partial charge in [0.15, 0.2) is 5.43 Å². The number of carbonyl (C=O) groups is 1. The van der Waals surface area contributed by atoms with Crippen molar-refractivity contribution in [1.82, 2.24) is 0 Å². The maximum atomic E-state index is 13.2. The molecule has 0 atom stereocenters. The lowest BCUT2D eigenvalue weighted by Gasteiger charge is -2.12. The van der Waals surface area contributed by atoms with Crippen LogP contribution in [0.15, 0.2) is 77.6 Å². The highest BCUT2D eigenvalue weighted by atomic mass is 35.5. The summed E-state index contributed by atoms with van der Waals surface area (Å²) in [6.45, 7) is 1.99. The number of rotatable bonds is 3. The first kappa shape index (κ1) is 18.4. The van der Waals surface area contributed by atoms with Gasteiger partial charge in [-0.3, -0.25) is 9.59 Å². The molecule has 5 heteroatoms. The summed E-state index contributed by atoms with van der Waals surface area (Å²) in [5.74, 6) is -0.343. The Bertz CT molecular complexity index is 1250. The molecule has 0 radical (unpaired) electrons. The van der Waals surface area contributed by atoms with Gasteiger partial charge in [0.25, 0.3) is 5.91 Å². The Morgan fingerprint density at radius 1 is 0.929 bits per heavy atom. The van der Waals surface area contributed by atoms with Gasteiger partial charge in [-0.1, -0.05) is 65.7 Å². The van der Waals surface area contributed by atoms with Gasteiger partial charge in [0.05, 0.1) is 16.1 Å². The van der Waals surface area contributed by atoms with Crippen molar-refractivity contribution in [3.05, 3.63) is 99.2 Å². The predicted molar refractivity (Wildman–Crippen MR) is 118 cm³/mol. The zero-order chi connectivity index (χ0) is 19.7. The van der Waals surface area contributed by atoms with Crippen molar-refractivity contribution < 1.29 is 4.79 Å². The number of halogens is 1. The smallest absolute Gasteiger partial charge is 0.257 e. The minimum absolute atomic E-state index is 0.104. The van der Waals surface area contributed by atoms with Crippen LogP contribution in [0.25, 0.3) is 21.2 Å². The Hall–Kier alpha value is -2.95. The molecule has 28 heavy (non-hydrogen) atoms. The van der Waals surface area contributed by atoms with Gasteiger partial charge in [-0.2, -0.15) is 0 Å². The van der Waals surface area contributed by atoms with Gasteiger partial charge in [-0.05, 0) is 36.8 Å². The number of carbonyl (C=O) groups excluding carboxylic acids is 1. The van der Waals surface area contributed by atoms with E-state index < -0.39 is 0 Å². The maximum absolute atomic E-state index is 13.2. The number of hydrogen-bond donors (Lipinski definition) is 1. The highest BCUT2D eigenvalue weighted by molar-refractivity contribution is 7.22. The summed E-state index contributed by atoms with van der Waals surface area (Å²) in [5.41, 5.74) is 2.62. The van der Waals surface area contributed by atoms with E-state index >= 15 is 0 Å². The second-order valence-corrected chi connectivity index (χ2v) is 7.89. The molecule has 3 aromatic carbocycles. The highest BCUT2D eigenvalue weighted by Crippen LogP contribution is 2.34. The Morgan fingerprint density at radius 2 is 1.61 bits per heavy atom. The van der Waals surface area contributed by atoms with Crippen molar-refractivity contribution in [2.75, 3.05) is 5.32 Å². The van der Waals surface area contributed by atoms with Gasteiger partial charge in [0, 0.05) is 10.1 Å². The van der Waals surface area contributed by atoms with Gasteiger partial charge in [-0.15, -0.1) is 11.3 Å². The van der Waals surface area contributed by atoms with E-state index in [2.05, 4.69) is 5.32 Å². The normalized spacial score (nSPS) is 10.8. The van der Waals surface area contributed by atoms with Crippen molar-refractivity contribution >= 4 is 43.9 Å². The zero-order valence-electron chi connectivity index (χ0n) is 15.0. The molecule has 1 amide bonds. The fourth-order valence-electron chi connectivity index (χ4n) is 3.03. The molecule has 0 unspecified atom stereocenters. The number of benzene rings is 3. The molecule has 1 heterocycles. The Morgan fingerprint density at radius 3 is 2.36 bits per heavy atom. The molecule has 3 nitrogen and oxygen atoms in total. The summed E-state index contributed by atoms with van der Waals surface area (Å²) in [7, 11) is 0. The number of amides is 1. The molecule has 4 rings (SSSR count). The first-order valence-electron chi connectivity index (χ1n) is 8.73. The summed E-state index contributed by atoms with van der Waals surface area (Å²) in [6, 6.07) is 22.0. The average Bonchev–Trinajstić information content (AvgIpc) is 2.70. The molecule has 0 aliphatic heterocycles. The van der Waals surface area contributed by atoms with Gasteiger partial charge in [0.2, 0.25) is 0 Å². The van der Waals surface area contributed by atoms with Crippen LogP contribution in [0.1, 0.15) is 15.9 Å².